The van der Waals surface area contributed by atoms with Gasteiger partial charge in [-0.2, -0.15) is 4.79 Å². The molecular weight excluding hydrogens is 504 g/mol. The molecule has 4 rings (SSSR count). The average molecular weight is 545 g/mol. The molecule has 10 heteroatoms. The van der Waals surface area contributed by atoms with Crippen molar-refractivity contribution in [2.75, 3.05) is 49.6 Å². The lowest BCUT2D eigenvalue weighted by atomic mass is 9.95. The first-order valence-corrected chi connectivity index (χ1v) is 13.5. The SMILES string of the molecule is C[C@H]1CN(Cc2ccc(N(C)C(=O)c3ccc(N4CCC(F)(F)CC4)nc3)cc2)CC[N+]1(C(=O)O)C(C)(C)C. The summed E-state index contributed by atoms with van der Waals surface area (Å²) in [6.07, 6.45) is 0.349. The number of piperazine rings is 1. The van der Waals surface area contributed by atoms with E-state index in [1.807, 2.05) is 56.9 Å². The number of pyridine rings is 1. The Morgan fingerprint density at radius 1 is 1.10 bits per heavy atom. The van der Waals surface area contributed by atoms with Crippen LogP contribution in [0.15, 0.2) is 42.6 Å². The number of carbonyl (C=O) groups is 2. The molecule has 2 saturated heterocycles. The number of rotatable bonds is 5. The maximum atomic E-state index is 13.4. The molecule has 0 bridgehead atoms. The van der Waals surface area contributed by atoms with Crippen molar-refractivity contribution in [1.29, 1.82) is 0 Å². The summed E-state index contributed by atoms with van der Waals surface area (Å²) in [6, 6.07) is 11.2. The second-order valence-corrected chi connectivity index (χ2v) is 11.9. The van der Waals surface area contributed by atoms with E-state index in [9.17, 15) is 23.5 Å². The number of alkyl halides is 2. The summed E-state index contributed by atoms with van der Waals surface area (Å²) in [4.78, 5) is 35.4. The zero-order valence-corrected chi connectivity index (χ0v) is 23.5. The molecule has 3 heterocycles. The van der Waals surface area contributed by atoms with Crippen molar-refractivity contribution in [2.24, 2.45) is 0 Å². The predicted octanol–water partition coefficient (Wildman–Crippen LogP) is 5.09. The van der Waals surface area contributed by atoms with Crippen LogP contribution in [0.1, 0.15) is 56.5 Å². The molecule has 212 valence electrons. The lowest BCUT2D eigenvalue weighted by Gasteiger charge is -2.52. The predicted molar refractivity (Wildman–Crippen MR) is 147 cm³/mol. The first kappa shape index (κ1) is 28.9. The maximum Gasteiger partial charge on any atom is 0.514 e. The normalized spacial score (nSPS) is 23.9. The number of hydrogen-bond donors (Lipinski definition) is 1. The van der Waals surface area contributed by atoms with Gasteiger partial charge in [0.05, 0.1) is 12.1 Å². The molecule has 2 aliphatic rings. The van der Waals surface area contributed by atoms with Gasteiger partial charge in [0.25, 0.3) is 11.8 Å². The van der Waals surface area contributed by atoms with Crippen LogP contribution in [0.25, 0.3) is 0 Å². The Morgan fingerprint density at radius 3 is 2.26 bits per heavy atom. The summed E-state index contributed by atoms with van der Waals surface area (Å²) >= 11 is 0. The summed E-state index contributed by atoms with van der Waals surface area (Å²) in [5.41, 5.74) is 1.87. The Labute approximate surface area is 229 Å². The molecule has 1 N–H and O–H groups in total. The number of hydrogen-bond acceptors (Lipinski definition) is 5. The molecule has 2 fully saturated rings. The lowest BCUT2D eigenvalue weighted by molar-refractivity contribution is -0.929. The van der Waals surface area contributed by atoms with Gasteiger partial charge in [0, 0.05) is 58.0 Å². The van der Waals surface area contributed by atoms with E-state index in [0.717, 1.165) is 11.3 Å². The van der Waals surface area contributed by atoms with E-state index in [2.05, 4.69) is 9.88 Å². The minimum Gasteiger partial charge on any atom is -0.435 e. The Bertz CT molecular complexity index is 1170. The molecule has 0 spiro atoms. The molecule has 2 amide bonds. The summed E-state index contributed by atoms with van der Waals surface area (Å²) in [5.74, 6) is -2.22. The molecule has 8 nitrogen and oxygen atoms in total. The minimum atomic E-state index is -2.62. The molecule has 2 aromatic rings. The van der Waals surface area contributed by atoms with Gasteiger partial charge in [0.2, 0.25) is 0 Å². The summed E-state index contributed by atoms with van der Waals surface area (Å²) < 4.78 is 26.9. The van der Waals surface area contributed by atoms with Gasteiger partial charge in [-0.1, -0.05) is 12.1 Å². The fraction of sp³-hybridized carbons (Fsp3) is 0.552. The Kier molecular flexibility index (Phi) is 8.01. The number of anilines is 2. The fourth-order valence-electron chi connectivity index (χ4n) is 5.99. The number of amides is 2. The molecule has 0 saturated carbocycles. The number of benzene rings is 1. The number of carboxylic acid groups (broad SMARTS) is 1. The van der Waals surface area contributed by atoms with Crippen LogP contribution in [0.2, 0.25) is 0 Å². The van der Waals surface area contributed by atoms with Crippen LogP contribution >= 0.6 is 0 Å². The number of quaternary nitrogens is 1. The smallest absolute Gasteiger partial charge is 0.435 e. The number of carbonyl (C=O) groups excluding carboxylic acids is 1. The van der Waals surface area contributed by atoms with Crippen LogP contribution in [0.5, 0.6) is 0 Å². The van der Waals surface area contributed by atoms with Crippen LogP contribution < -0.4 is 9.80 Å². The lowest BCUT2D eigenvalue weighted by Crippen LogP contribution is -2.73. The van der Waals surface area contributed by atoms with E-state index in [4.69, 9.17) is 0 Å². The standard InChI is InChI=1S/C29H39F2N5O3/c1-21-19-34(16-17-36(21,27(38)39)28(2,3)4)20-22-6-9-24(10-7-22)33(5)26(37)23-8-11-25(32-18-23)35-14-12-29(30,31)13-15-35/h6-11,18,21H,12-17,19-20H2,1-5H3/p+1/t21-,36?/m0/s1. The molecule has 1 aromatic carbocycles. The van der Waals surface area contributed by atoms with E-state index in [-0.39, 0.29) is 42.4 Å². The third-order valence-corrected chi connectivity index (χ3v) is 8.43. The summed E-state index contributed by atoms with van der Waals surface area (Å²) in [6.45, 7) is 11.1. The van der Waals surface area contributed by atoms with Crippen molar-refractivity contribution in [1.82, 2.24) is 9.88 Å². The Balaban J connectivity index is 1.35. The van der Waals surface area contributed by atoms with Crippen molar-refractivity contribution in [3.63, 3.8) is 0 Å². The van der Waals surface area contributed by atoms with Crippen molar-refractivity contribution in [2.45, 2.75) is 64.6 Å². The van der Waals surface area contributed by atoms with Gasteiger partial charge in [0.1, 0.15) is 23.9 Å². The fourth-order valence-corrected chi connectivity index (χ4v) is 5.99. The molecule has 2 aliphatic heterocycles. The highest BCUT2D eigenvalue weighted by Crippen LogP contribution is 2.33. The molecule has 1 aromatic heterocycles. The number of aromatic nitrogens is 1. The van der Waals surface area contributed by atoms with Gasteiger partial charge in [-0.05, 0) is 57.5 Å². The molecular formula is C29H40F2N5O3+. The summed E-state index contributed by atoms with van der Waals surface area (Å²) in [7, 11) is 1.71. The quantitative estimate of drug-likeness (QED) is 0.529. The van der Waals surface area contributed by atoms with Crippen LogP contribution in [0.3, 0.4) is 0 Å². The van der Waals surface area contributed by atoms with Crippen molar-refractivity contribution in [3.8, 4) is 0 Å². The van der Waals surface area contributed by atoms with Gasteiger partial charge >= 0.3 is 6.09 Å². The van der Waals surface area contributed by atoms with Crippen LogP contribution in [-0.4, -0.2) is 88.7 Å². The van der Waals surface area contributed by atoms with E-state index in [0.29, 0.717) is 37.6 Å². The van der Waals surface area contributed by atoms with Gasteiger partial charge in [0.15, 0.2) is 0 Å². The monoisotopic (exact) mass is 544 g/mol. The first-order valence-electron chi connectivity index (χ1n) is 13.5. The Morgan fingerprint density at radius 2 is 1.74 bits per heavy atom. The zero-order valence-electron chi connectivity index (χ0n) is 23.5. The van der Waals surface area contributed by atoms with E-state index >= 15 is 0 Å². The van der Waals surface area contributed by atoms with Crippen LogP contribution in [0, 0.1) is 0 Å². The highest BCUT2D eigenvalue weighted by molar-refractivity contribution is 6.05. The van der Waals surface area contributed by atoms with Gasteiger partial charge in [-0.15, -0.1) is 0 Å². The second-order valence-electron chi connectivity index (χ2n) is 11.9. The van der Waals surface area contributed by atoms with Crippen LogP contribution in [0.4, 0.5) is 25.1 Å². The van der Waals surface area contributed by atoms with Gasteiger partial charge < -0.3 is 14.9 Å². The van der Waals surface area contributed by atoms with Crippen molar-refractivity contribution >= 4 is 23.5 Å². The van der Waals surface area contributed by atoms with E-state index in [1.54, 1.807) is 24.1 Å². The zero-order chi connectivity index (χ0) is 28.6. The third-order valence-electron chi connectivity index (χ3n) is 8.43. The third kappa shape index (κ3) is 5.91. The number of piperidine rings is 1. The minimum absolute atomic E-state index is 0.0462. The van der Waals surface area contributed by atoms with E-state index in [1.165, 1.54) is 6.20 Å². The summed E-state index contributed by atoms with van der Waals surface area (Å²) in [5, 5.41) is 10.1. The second kappa shape index (κ2) is 10.8. The van der Waals surface area contributed by atoms with Gasteiger partial charge in [-0.3, -0.25) is 9.69 Å². The average Bonchev–Trinajstić information content (AvgIpc) is 2.87. The highest BCUT2D eigenvalue weighted by atomic mass is 19.3. The first-order chi connectivity index (χ1) is 18.2. The molecule has 39 heavy (non-hydrogen) atoms. The number of halogens is 2. The molecule has 2 atom stereocenters. The van der Waals surface area contributed by atoms with Crippen molar-refractivity contribution < 1.29 is 28.0 Å². The molecule has 1 unspecified atom stereocenters. The molecule has 0 radical (unpaired) electrons. The van der Waals surface area contributed by atoms with E-state index < -0.39 is 17.6 Å². The largest absolute Gasteiger partial charge is 0.514 e. The maximum absolute atomic E-state index is 13.4. The van der Waals surface area contributed by atoms with Crippen molar-refractivity contribution in [3.05, 3.63) is 53.7 Å². The van der Waals surface area contributed by atoms with Gasteiger partial charge in [-0.25, -0.2) is 18.2 Å². The Hall–Kier alpha value is -3.11. The topological polar surface area (TPSA) is 77.0 Å². The van der Waals surface area contributed by atoms with Crippen LogP contribution in [-0.2, 0) is 6.54 Å². The molecule has 0 aliphatic carbocycles. The highest BCUT2D eigenvalue weighted by Gasteiger charge is 2.54. The number of nitrogens with zero attached hydrogens (tertiary/aromatic N) is 5.